The van der Waals surface area contributed by atoms with Gasteiger partial charge in [0.2, 0.25) is 0 Å². The van der Waals surface area contributed by atoms with Crippen molar-refractivity contribution in [1.29, 1.82) is 0 Å². The fraction of sp³-hybridized carbons (Fsp3) is 0.348. The molecule has 1 unspecified atom stereocenters. The van der Waals surface area contributed by atoms with Crippen molar-refractivity contribution in [2.24, 2.45) is 5.92 Å². The molecule has 1 atom stereocenters. The van der Waals surface area contributed by atoms with Crippen LogP contribution in [0, 0.1) is 26.3 Å². The van der Waals surface area contributed by atoms with Crippen molar-refractivity contribution < 1.29 is 5.11 Å². The number of aryl methyl sites for hydroxylation is 2. The molecule has 0 aliphatic carbocycles. The maximum Gasteiger partial charge on any atom is 0.188 e. The lowest BCUT2D eigenvalue weighted by atomic mass is 10.1. The Labute approximate surface area is 171 Å². The Morgan fingerprint density at radius 1 is 1.14 bits per heavy atom. The molecule has 1 aliphatic heterocycles. The summed E-state index contributed by atoms with van der Waals surface area (Å²) in [7, 11) is 0. The van der Waals surface area contributed by atoms with Crippen molar-refractivity contribution in [3.05, 3.63) is 64.5 Å². The molecule has 148 valence electrons. The summed E-state index contributed by atoms with van der Waals surface area (Å²) in [5.74, 6) is 1.78. The van der Waals surface area contributed by atoms with E-state index >= 15 is 0 Å². The normalized spacial score (nSPS) is 16.2. The monoisotopic (exact) mass is 387 g/mol. The number of benzene rings is 2. The summed E-state index contributed by atoms with van der Waals surface area (Å²) in [4.78, 5) is 5.76. The lowest BCUT2D eigenvalue weighted by Gasteiger charge is -2.20. The molecule has 0 radical (unpaired) electrons. The quantitative estimate of drug-likeness (QED) is 0.642. The van der Waals surface area contributed by atoms with Crippen LogP contribution in [0.1, 0.15) is 23.1 Å². The molecule has 1 saturated heterocycles. The second-order valence-electron chi connectivity index (χ2n) is 7.77. The van der Waals surface area contributed by atoms with E-state index in [1.165, 1.54) is 16.7 Å². The summed E-state index contributed by atoms with van der Waals surface area (Å²) < 4.78 is 0. The number of fused-ring (bicyclic) bond motifs is 1. The number of aromatic nitrogens is 2. The highest BCUT2D eigenvalue weighted by molar-refractivity contribution is 6.00. The Balaban J connectivity index is 1.68. The van der Waals surface area contributed by atoms with Crippen molar-refractivity contribution in [2.45, 2.75) is 26.8 Å². The van der Waals surface area contributed by atoms with Crippen LogP contribution in [0.5, 0.6) is 0 Å². The van der Waals surface area contributed by atoms with Crippen LogP contribution < -0.4 is 10.2 Å². The van der Waals surface area contributed by atoms with Crippen molar-refractivity contribution in [3.8, 4) is 0 Å². The number of anilines is 2. The largest absolute Gasteiger partial charge is 0.396 e. The molecular weight excluding hydrogens is 362 g/mol. The molecule has 2 heterocycles. The predicted octanol–water partition coefficient (Wildman–Crippen LogP) is 4.23. The Kier molecular flexibility index (Phi) is 5.32. The predicted molar refractivity (Wildman–Crippen MR) is 116 cm³/mol. The van der Waals surface area contributed by atoms with Gasteiger partial charge in [0.15, 0.2) is 17.3 Å². The number of rotatable bonds is 5. The second kappa shape index (κ2) is 8.06. The van der Waals surface area contributed by atoms with Crippen molar-refractivity contribution >= 4 is 28.1 Å². The maximum absolute atomic E-state index is 9.47. The highest BCUT2D eigenvalue weighted by atomic mass is 16.3. The molecule has 0 spiro atoms. The summed E-state index contributed by atoms with van der Waals surface area (Å²) >= 11 is 0. The van der Waals surface area contributed by atoms with Crippen LogP contribution in [0.15, 0.2) is 36.4 Å². The summed E-state index contributed by atoms with van der Waals surface area (Å²) in [6.45, 7) is 14.1. The molecule has 6 heteroatoms. The fourth-order valence-corrected chi connectivity index (χ4v) is 3.84. The number of aliphatic hydroxyl groups is 1. The van der Waals surface area contributed by atoms with Crippen molar-refractivity contribution in [1.82, 2.24) is 10.2 Å². The Morgan fingerprint density at radius 3 is 2.72 bits per heavy atom. The van der Waals surface area contributed by atoms with Crippen LogP contribution in [0.25, 0.3) is 15.6 Å². The first kappa shape index (κ1) is 19.2. The zero-order valence-corrected chi connectivity index (χ0v) is 16.8. The van der Waals surface area contributed by atoms with Crippen LogP contribution in [0.2, 0.25) is 0 Å². The Hall–Kier alpha value is -3.17. The molecule has 1 fully saturated rings. The summed E-state index contributed by atoms with van der Waals surface area (Å²) in [5, 5.41) is 23.7. The van der Waals surface area contributed by atoms with E-state index in [9.17, 15) is 5.11 Å². The summed E-state index contributed by atoms with van der Waals surface area (Å²) in [5.41, 5.74) is 4.30. The lowest BCUT2D eigenvalue weighted by molar-refractivity contribution is 0.238. The fourth-order valence-electron chi connectivity index (χ4n) is 3.84. The van der Waals surface area contributed by atoms with E-state index in [1.54, 1.807) is 0 Å². The minimum atomic E-state index is 0.194. The third-order valence-electron chi connectivity index (χ3n) is 5.75. The number of hydrogen-bond donors (Lipinski definition) is 2. The molecule has 2 aromatic carbocycles. The Morgan fingerprint density at radius 2 is 2.00 bits per heavy atom. The highest BCUT2D eigenvalue weighted by Gasteiger charge is 2.25. The van der Waals surface area contributed by atoms with Gasteiger partial charge in [-0.15, -0.1) is 10.2 Å². The molecule has 1 aromatic heterocycles. The number of aliphatic hydroxyl groups excluding tert-OH is 1. The van der Waals surface area contributed by atoms with Gasteiger partial charge < -0.3 is 15.3 Å². The van der Waals surface area contributed by atoms with Gasteiger partial charge in [-0.25, -0.2) is 4.85 Å². The summed E-state index contributed by atoms with van der Waals surface area (Å²) in [6.07, 6.45) is 0.951. The third kappa shape index (κ3) is 3.87. The first-order valence-corrected chi connectivity index (χ1v) is 9.92. The molecule has 0 saturated carbocycles. The van der Waals surface area contributed by atoms with Gasteiger partial charge in [-0.3, -0.25) is 0 Å². The molecule has 0 bridgehead atoms. The molecule has 4 rings (SSSR count). The van der Waals surface area contributed by atoms with E-state index in [0.29, 0.717) is 18.1 Å². The minimum Gasteiger partial charge on any atom is -0.396 e. The van der Waals surface area contributed by atoms with Crippen LogP contribution in [-0.2, 0) is 6.54 Å². The zero-order chi connectivity index (χ0) is 20.4. The van der Waals surface area contributed by atoms with E-state index < -0.39 is 0 Å². The van der Waals surface area contributed by atoms with Crippen LogP contribution in [0.4, 0.5) is 17.3 Å². The van der Waals surface area contributed by atoms with Gasteiger partial charge in [-0.1, -0.05) is 30.3 Å². The SMILES string of the molecule is [C-]#[N+]c1ccc2c(N3CCC(CO)C3)nnc(NCc3ccc(C)c(C)c3)c2c1. The zero-order valence-electron chi connectivity index (χ0n) is 16.8. The van der Waals surface area contributed by atoms with Gasteiger partial charge in [-0.05, 0) is 43.0 Å². The van der Waals surface area contributed by atoms with Gasteiger partial charge in [0.1, 0.15) is 0 Å². The molecular formula is C23H25N5O. The van der Waals surface area contributed by atoms with Gasteiger partial charge in [0.05, 0.1) is 6.57 Å². The average Bonchev–Trinajstić information content (AvgIpc) is 3.23. The maximum atomic E-state index is 9.47. The van der Waals surface area contributed by atoms with Crippen LogP contribution in [0.3, 0.4) is 0 Å². The van der Waals surface area contributed by atoms with E-state index in [0.717, 1.165) is 36.1 Å². The Bertz CT molecular complexity index is 1090. The molecule has 2 N–H and O–H groups in total. The molecule has 0 amide bonds. The van der Waals surface area contributed by atoms with Gasteiger partial charge >= 0.3 is 0 Å². The second-order valence-corrected chi connectivity index (χ2v) is 7.77. The van der Waals surface area contributed by atoms with E-state index in [4.69, 9.17) is 6.57 Å². The first-order valence-electron chi connectivity index (χ1n) is 9.92. The van der Waals surface area contributed by atoms with Gasteiger partial charge in [0, 0.05) is 42.9 Å². The third-order valence-corrected chi connectivity index (χ3v) is 5.75. The van der Waals surface area contributed by atoms with Crippen molar-refractivity contribution in [3.63, 3.8) is 0 Å². The van der Waals surface area contributed by atoms with E-state index in [2.05, 4.69) is 57.3 Å². The number of hydrogen-bond acceptors (Lipinski definition) is 5. The van der Waals surface area contributed by atoms with Gasteiger partial charge in [-0.2, -0.15) is 0 Å². The molecule has 3 aromatic rings. The smallest absolute Gasteiger partial charge is 0.188 e. The van der Waals surface area contributed by atoms with E-state index in [1.807, 2.05) is 18.2 Å². The van der Waals surface area contributed by atoms with E-state index in [-0.39, 0.29) is 12.5 Å². The standard InChI is InChI=1S/C23H25N5O/c1-15-4-5-17(10-16(15)2)12-25-22-21-11-19(24-3)6-7-20(21)23(27-26-22)28-9-8-18(13-28)14-29/h4-7,10-11,18,29H,8-9,12-14H2,1-2H3,(H,25,26). The van der Waals surface area contributed by atoms with Crippen molar-refractivity contribution in [2.75, 3.05) is 29.9 Å². The topological polar surface area (TPSA) is 65.6 Å². The van der Waals surface area contributed by atoms with Gasteiger partial charge in [0.25, 0.3) is 0 Å². The lowest BCUT2D eigenvalue weighted by Crippen LogP contribution is -2.22. The molecule has 1 aliphatic rings. The molecule has 6 nitrogen and oxygen atoms in total. The first-order chi connectivity index (χ1) is 14.1. The van der Waals surface area contributed by atoms with Crippen LogP contribution in [-0.4, -0.2) is 35.0 Å². The average molecular weight is 387 g/mol. The minimum absolute atomic E-state index is 0.194. The summed E-state index contributed by atoms with van der Waals surface area (Å²) in [6, 6.07) is 12.1. The highest BCUT2D eigenvalue weighted by Crippen LogP contribution is 2.34. The molecule has 29 heavy (non-hydrogen) atoms. The van der Waals surface area contributed by atoms with Crippen LogP contribution >= 0.6 is 0 Å². The number of nitrogens with zero attached hydrogens (tertiary/aromatic N) is 4. The number of nitrogens with one attached hydrogen (secondary N) is 1.